The number of nitrogens with one attached hydrogen (secondary N) is 1. The van der Waals surface area contributed by atoms with Gasteiger partial charge in [0.25, 0.3) is 0 Å². The molecule has 9 heteroatoms. The smallest absolute Gasteiger partial charge is 0.306 e. The predicted octanol–water partition coefficient (Wildman–Crippen LogP) is 3.72. The lowest BCUT2D eigenvalue weighted by atomic mass is 10.0. The van der Waals surface area contributed by atoms with Crippen LogP contribution < -0.4 is 5.43 Å². The Balaban J connectivity index is 0.000000452. The third-order valence-electron chi connectivity index (χ3n) is 4.27. The molecule has 0 aromatic heterocycles. The van der Waals surface area contributed by atoms with Gasteiger partial charge in [0.05, 0.1) is 31.7 Å². The zero-order valence-corrected chi connectivity index (χ0v) is 19.4. The van der Waals surface area contributed by atoms with Crippen LogP contribution in [0.15, 0.2) is 56.2 Å². The molecule has 0 aromatic carbocycles. The van der Waals surface area contributed by atoms with Crippen LogP contribution in [0, 0.1) is 0 Å². The van der Waals surface area contributed by atoms with E-state index in [1.807, 2.05) is 35.9 Å². The second kappa shape index (κ2) is 14.9. The molecule has 0 saturated heterocycles. The molecule has 172 valence electrons. The summed E-state index contributed by atoms with van der Waals surface area (Å²) < 4.78 is 17.1. The first-order valence-electron chi connectivity index (χ1n) is 10.5. The molecule has 0 saturated carbocycles. The minimum absolute atomic E-state index is 0.0840. The van der Waals surface area contributed by atoms with Gasteiger partial charge < -0.3 is 9.64 Å². The number of fused-ring (bicyclic) bond motifs is 1. The molecule has 0 fully saturated rings. The average molecular weight is 434 g/mol. The summed E-state index contributed by atoms with van der Waals surface area (Å²) in [6.45, 7) is 12.9. The molecule has 1 unspecified atom stereocenters. The summed E-state index contributed by atoms with van der Waals surface area (Å²) in [5.74, 6) is 0. The van der Waals surface area contributed by atoms with Crippen molar-refractivity contribution in [2.45, 2.75) is 46.7 Å². The molecule has 0 radical (unpaired) electrons. The molecule has 2 rings (SSSR count). The maximum Gasteiger partial charge on any atom is 0.306 e. The molecule has 0 amide bonds. The van der Waals surface area contributed by atoms with Gasteiger partial charge in [-0.25, -0.2) is 24.8 Å². The monoisotopic (exact) mass is 433 g/mol. The van der Waals surface area contributed by atoms with Crippen molar-refractivity contribution in [2.75, 3.05) is 33.4 Å². The quantitative estimate of drug-likeness (QED) is 0.324. The Morgan fingerprint density at radius 3 is 2.81 bits per heavy atom. The van der Waals surface area contributed by atoms with Crippen molar-refractivity contribution in [1.29, 1.82) is 0 Å². The second-order valence-electron chi connectivity index (χ2n) is 6.73. The average Bonchev–Trinajstić information content (AvgIpc) is 3.18. The normalized spacial score (nSPS) is 18.0. The SMILES string of the molecule is C/C=C\CN=C(C)CF.C=CN(C=NC)CC1=C(CCC)C2N=C(OCC)NN2C=N1. The van der Waals surface area contributed by atoms with Gasteiger partial charge in [0.1, 0.15) is 13.0 Å². The standard InChI is InChI=1S/C15H24N6O.C7H12FN/c1-5-8-12-13(9-20(6-2)10-16-4)17-11-21-14(12)18-15(19-21)22-7-3;1-3-4-5-9-7(2)6-8/h6,10-11,14H,2,5,7-9H2,1,3-4H3,(H,18,19);3-4H,5-6H2,1-2H3/b;4-3-,9-7?. The molecular formula is C22H36FN7O. The molecule has 0 aromatic rings. The molecule has 1 N–H and O–H groups in total. The zero-order chi connectivity index (χ0) is 23.1. The van der Waals surface area contributed by atoms with Crippen molar-refractivity contribution >= 4 is 24.4 Å². The van der Waals surface area contributed by atoms with Gasteiger partial charge in [-0.15, -0.1) is 0 Å². The van der Waals surface area contributed by atoms with Crippen LogP contribution in [0.1, 0.15) is 40.5 Å². The van der Waals surface area contributed by atoms with Crippen LogP contribution in [0.5, 0.6) is 0 Å². The lowest BCUT2D eigenvalue weighted by Crippen LogP contribution is -2.43. The third-order valence-corrected chi connectivity index (χ3v) is 4.27. The predicted molar refractivity (Wildman–Crippen MR) is 128 cm³/mol. The summed E-state index contributed by atoms with van der Waals surface area (Å²) in [6.07, 6.45) is 10.9. The van der Waals surface area contributed by atoms with Crippen LogP contribution in [-0.2, 0) is 4.74 Å². The Hall–Kier alpha value is -2.97. The van der Waals surface area contributed by atoms with E-state index in [0.29, 0.717) is 31.4 Å². The Morgan fingerprint density at radius 2 is 2.23 bits per heavy atom. The van der Waals surface area contributed by atoms with E-state index in [1.54, 1.807) is 32.8 Å². The van der Waals surface area contributed by atoms with Crippen LogP contribution in [0.25, 0.3) is 0 Å². The Bertz CT molecular complexity index is 740. The molecular weight excluding hydrogens is 397 g/mol. The van der Waals surface area contributed by atoms with E-state index in [2.05, 4.69) is 38.9 Å². The summed E-state index contributed by atoms with van der Waals surface area (Å²) in [7, 11) is 1.74. The fraction of sp³-hybridized carbons (Fsp3) is 0.545. The Kier molecular flexibility index (Phi) is 12.5. The second-order valence-corrected chi connectivity index (χ2v) is 6.73. The molecule has 31 heavy (non-hydrogen) atoms. The number of hydrogen-bond acceptors (Lipinski definition) is 7. The first-order valence-corrected chi connectivity index (χ1v) is 10.5. The van der Waals surface area contributed by atoms with E-state index < -0.39 is 6.67 Å². The number of hydrazine groups is 1. The van der Waals surface area contributed by atoms with Gasteiger partial charge in [0, 0.05) is 12.8 Å². The van der Waals surface area contributed by atoms with Crippen molar-refractivity contribution in [3.05, 3.63) is 36.2 Å². The van der Waals surface area contributed by atoms with Crippen LogP contribution in [0.2, 0.25) is 0 Å². The van der Waals surface area contributed by atoms with Gasteiger partial charge in [-0.2, -0.15) is 0 Å². The first kappa shape index (κ1) is 26.1. The minimum Gasteiger partial charge on any atom is -0.464 e. The molecule has 8 nitrogen and oxygen atoms in total. The topological polar surface area (TPSA) is 77.2 Å². The van der Waals surface area contributed by atoms with Crippen molar-refractivity contribution < 1.29 is 9.13 Å². The van der Waals surface area contributed by atoms with E-state index >= 15 is 0 Å². The highest BCUT2D eigenvalue weighted by atomic mass is 19.1. The summed E-state index contributed by atoms with van der Waals surface area (Å²) in [5.41, 5.74) is 5.88. The largest absolute Gasteiger partial charge is 0.464 e. The van der Waals surface area contributed by atoms with Gasteiger partial charge in [-0.3, -0.25) is 9.98 Å². The van der Waals surface area contributed by atoms with Crippen LogP contribution in [0.3, 0.4) is 0 Å². The maximum atomic E-state index is 11.7. The van der Waals surface area contributed by atoms with Gasteiger partial charge in [0.15, 0.2) is 6.17 Å². The molecule has 0 aliphatic carbocycles. The molecule has 2 heterocycles. The van der Waals surface area contributed by atoms with E-state index in [0.717, 1.165) is 18.5 Å². The maximum absolute atomic E-state index is 11.7. The molecule has 0 spiro atoms. The van der Waals surface area contributed by atoms with Crippen molar-refractivity contribution in [3.63, 3.8) is 0 Å². The van der Waals surface area contributed by atoms with Gasteiger partial charge in [-0.05, 0) is 39.0 Å². The lowest BCUT2D eigenvalue weighted by Gasteiger charge is -2.28. The number of aliphatic imine (C=N–C) groups is 4. The van der Waals surface area contributed by atoms with Crippen molar-refractivity contribution in [3.8, 4) is 0 Å². The van der Waals surface area contributed by atoms with Crippen molar-refractivity contribution in [1.82, 2.24) is 15.3 Å². The van der Waals surface area contributed by atoms with E-state index in [-0.39, 0.29) is 6.17 Å². The zero-order valence-electron chi connectivity index (χ0n) is 19.4. The fourth-order valence-corrected chi connectivity index (χ4v) is 2.80. The summed E-state index contributed by atoms with van der Waals surface area (Å²) in [4.78, 5) is 19.0. The summed E-state index contributed by atoms with van der Waals surface area (Å²) in [5, 5.41) is 1.88. The Morgan fingerprint density at radius 1 is 1.45 bits per heavy atom. The minimum atomic E-state index is -0.433. The number of ether oxygens (including phenoxy) is 1. The fourth-order valence-electron chi connectivity index (χ4n) is 2.80. The molecule has 1 atom stereocenters. The molecule has 2 aliphatic heterocycles. The number of allylic oxidation sites excluding steroid dienone is 1. The number of nitrogens with zero attached hydrogens (tertiary/aromatic N) is 6. The van der Waals surface area contributed by atoms with Gasteiger partial charge in [-0.1, -0.05) is 32.1 Å². The van der Waals surface area contributed by atoms with E-state index in [1.165, 1.54) is 5.57 Å². The Labute approximate surface area is 185 Å². The van der Waals surface area contributed by atoms with Crippen LogP contribution in [0.4, 0.5) is 4.39 Å². The summed E-state index contributed by atoms with van der Waals surface area (Å²) >= 11 is 0. The highest BCUT2D eigenvalue weighted by Gasteiger charge is 2.32. The molecule has 0 bridgehead atoms. The highest BCUT2D eigenvalue weighted by Crippen LogP contribution is 2.27. The van der Waals surface area contributed by atoms with E-state index in [9.17, 15) is 4.39 Å². The summed E-state index contributed by atoms with van der Waals surface area (Å²) in [6, 6.07) is 0.546. The number of halogens is 1. The number of amidine groups is 1. The number of hydrogen-bond donors (Lipinski definition) is 1. The van der Waals surface area contributed by atoms with E-state index in [4.69, 9.17) is 4.74 Å². The number of alkyl halides is 1. The van der Waals surface area contributed by atoms with Gasteiger partial charge >= 0.3 is 6.02 Å². The highest BCUT2D eigenvalue weighted by molar-refractivity contribution is 5.83. The van der Waals surface area contributed by atoms with Crippen molar-refractivity contribution in [2.24, 2.45) is 20.0 Å². The van der Waals surface area contributed by atoms with Crippen LogP contribution in [-0.4, -0.2) is 73.9 Å². The van der Waals surface area contributed by atoms with Crippen LogP contribution >= 0.6 is 0 Å². The first-order chi connectivity index (χ1) is 15.0. The lowest BCUT2D eigenvalue weighted by molar-refractivity contribution is 0.282. The third kappa shape index (κ3) is 8.74. The van der Waals surface area contributed by atoms with Gasteiger partial charge in [0.2, 0.25) is 0 Å². The number of rotatable bonds is 10. The molecule has 2 aliphatic rings.